The van der Waals surface area contributed by atoms with Crippen molar-refractivity contribution in [3.8, 4) is 11.8 Å². The molecule has 1 aromatic rings. The average Bonchev–Trinajstić information content (AvgIpc) is 2.82. The summed E-state index contributed by atoms with van der Waals surface area (Å²) in [6.07, 6.45) is 1.15. The van der Waals surface area contributed by atoms with Crippen molar-refractivity contribution in [2.75, 3.05) is 0 Å². The number of carbonyl (C=O) groups is 2. The summed E-state index contributed by atoms with van der Waals surface area (Å²) < 4.78 is 19.0. The maximum Gasteiger partial charge on any atom is 0.313 e. The molecule has 3 aliphatic rings. The first kappa shape index (κ1) is 16.1. The lowest BCUT2D eigenvalue weighted by Gasteiger charge is -2.37. The Hall–Kier alpha value is -2.35. The molecule has 1 aliphatic heterocycles. The van der Waals surface area contributed by atoms with Crippen LogP contribution in [-0.4, -0.2) is 23.5 Å². The number of hydrogen-bond donors (Lipinski definition) is 1. The highest BCUT2D eigenvalue weighted by Gasteiger charge is 2.75. The normalized spacial score (nSPS) is 36.9. The molecule has 4 rings (SSSR count). The number of benzene rings is 1. The molecule has 2 bridgehead atoms. The molecule has 1 amide bonds. The fourth-order valence-corrected chi connectivity index (χ4v) is 4.35. The van der Waals surface area contributed by atoms with Crippen LogP contribution in [0.5, 0.6) is 0 Å². The van der Waals surface area contributed by atoms with Crippen LogP contribution >= 0.6 is 0 Å². The van der Waals surface area contributed by atoms with Gasteiger partial charge in [0.15, 0.2) is 5.60 Å². The van der Waals surface area contributed by atoms with Crippen molar-refractivity contribution in [1.82, 2.24) is 5.32 Å². The number of nitrogens with one attached hydrogen (secondary N) is 1. The van der Waals surface area contributed by atoms with E-state index in [2.05, 4.69) is 17.2 Å². The minimum absolute atomic E-state index is 0.246. The quantitative estimate of drug-likeness (QED) is 0.679. The summed E-state index contributed by atoms with van der Waals surface area (Å²) in [5.74, 6) is 4.72. The number of rotatable bonds is 3. The number of halogens is 1. The molecule has 1 heterocycles. The number of amides is 1. The molecular weight excluding hydrogens is 321 g/mol. The minimum Gasteiger partial charge on any atom is -0.448 e. The Kier molecular flexibility index (Phi) is 3.13. The lowest BCUT2D eigenvalue weighted by atomic mass is 9.66. The number of fused-ring (bicyclic) bond motifs is 2. The van der Waals surface area contributed by atoms with Gasteiger partial charge < -0.3 is 10.1 Å². The van der Waals surface area contributed by atoms with Crippen molar-refractivity contribution in [2.24, 2.45) is 10.8 Å². The van der Waals surface area contributed by atoms with E-state index < -0.39 is 22.5 Å². The number of carbonyl (C=O) groups excluding carboxylic acids is 2. The average molecular weight is 341 g/mol. The minimum atomic E-state index is -1.15. The number of esters is 1. The van der Waals surface area contributed by atoms with Gasteiger partial charge in [-0.05, 0) is 37.5 Å². The van der Waals surface area contributed by atoms with Gasteiger partial charge in [0.1, 0.15) is 11.9 Å². The first-order chi connectivity index (χ1) is 11.7. The molecule has 2 aliphatic carbocycles. The number of hydrogen-bond acceptors (Lipinski definition) is 3. The molecule has 4 unspecified atom stereocenters. The van der Waals surface area contributed by atoms with Crippen LogP contribution in [0, 0.1) is 28.5 Å². The fraction of sp³-hybridized carbons (Fsp3) is 0.500. The smallest absolute Gasteiger partial charge is 0.313 e. The lowest BCUT2D eigenvalue weighted by molar-refractivity contribution is -0.168. The molecule has 0 radical (unpaired) electrons. The standard InChI is InChI=1S/C20H20FNO3/c1-18(2)19(3)9-10-20(18,25-17(19)24)16(23)22-15-8-7-14(15)12-5-4-6-13(21)11-12/h4-6,11,14-15H,9-10H2,1-3H3,(H,22,23). The fourth-order valence-electron chi connectivity index (χ4n) is 4.35. The Balaban J connectivity index is 1.56. The highest BCUT2D eigenvalue weighted by atomic mass is 19.1. The summed E-state index contributed by atoms with van der Waals surface area (Å²) >= 11 is 0. The molecule has 1 N–H and O–H groups in total. The van der Waals surface area contributed by atoms with E-state index in [1.807, 2.05) is 20.8 Å². The molecule has 25 heavy (non-hydrogen) atoms. The third-order valence-corrected chi connectivity index (χ3v) is 6.67. The van der Waals surface area contributed by atoms with Gasteiger partial charge in [0.05, 0.1) is 11.3 Å². The van der Waals surface area contributed by atoms with Gasteiger partial charge in [0.2, 0.25) is 0 Å². The first-order valence-electron chi connectivity index (χ1n) is 8.52. The van der Waals surface area contributed by atoms with E-state index >= 15 is 0 Å². The van der Waals surface area contributed by atoms with Crippen LogP contribution in [0.1, 0.15) is 45.1 Å². The highest BCUT2D eigenvalue weighted by Crippen LogP contribution is 2.65. The predicted octanol–water partition coefficient (Wildman–Crippen LogP) is 2.53. The van der Waals surface area contributed by atoms with E-state index in [0.29, 0.717) is 12.8 Å². The second-order valence-corrected chi connectivity index (χ2v) is 7.95. The summed E-state index contributed by atoms with van der Waals surface area (Å²) in [4.78, 5) is 25.3. The zero-order valence-electron chi connectivity index (χ0n) is 14.5. The summed E-state index contributed by atoms with van der Waals surface area (Å²) in [7, 11) is 0. The Morgan fingerprint density at radius 3 is 2.56 bits per heavy atom. The molecule has 5 heteroatoms. The summed E-state index contributed by atoms with van der Waals surface area (Å²) in [5, 5.41) is 2.93. The van der Waals surface area contributed by atoms with Crippen LogP contribution in [0.25, 0.3) is 0 Å². The molecule has 2 fully saturated rings. The third-order valence-electron chi connectivity index (χ3n) is 6.67. The Bertz CT molecular complexity index is 852. The van der Waals surface area contributed by atoms with Gasteiger partial charge in [-0.2, -0.15) is 0 Å². The van der Waals surface area contributed by atoms with Gasteiger partial charge in [-0.3, -0.25) is 9.59 Å². The lowest BCUT2D eigenvalue weighted by Crippen LogP contribution is -2.57. The Morgan fingerprint density at radius 1 is 1.28 bits per heavy atom. The molecule has 1 aromatic carbocycles. The second kappa shape index (κ2) is 4.85. The summed E-state index contributed by atoms with van der Waals surface area (Å²) in [5.41, 5.74) is -1.65. The number of ether oxygens (including phenoxy) is 1. The van der Waals surface area contributed by atoms with Gasteiger partial charge in [0, 0.05) is 5.41 Å². The predicted molar refractivity (Wildman–Crippen MR) is 88.8 cm³/mol. The first-order valence-corrected chi connectivity index (χ1v) is 8.52. The second-order valence-electron chi connectivity index (χ2n) is 7.95. The molecule has 130 valence electrons. The Morgan fingerprint density at radius 2 is 2.04 bits per heavy atom. The van der Waals surface area contributed by atoms with Crippen LogP contribution in [0.2, 0.25) is 0 Å². The van der Waals surface area contributed by atoms with Crippen molar-refractivity contribution in [3.05, 3.63) is 35.6 Å². The molecule has 4 atom stereocenters. The maximum absolute atomic E-state index is 13.4. The highest BCUT2D eigenvalue weighted by molar-refractivity contribution is 5.96. The summed E-state index contributed by atoms with van der Waals surface area (Å²) in [6, 6.07) is 5.84. The van der Waals surface area contributed by atoms with Gasteiger partial charge in [-0.15, -0.1) is 0 Å². The molecule has 1 saturated heterocycles. The monoisotopic (exact) mass is 341 g/mol. The van der Waals surface area contributed by atoms with Crippen molar-refractivity contribution < 1.29 is 18.7 Å². The van der Waals surface area contributed by atoms with Crippen molar-refractivity contribution in [3.63, 3.8) is 0 Å². The topological polar surface area (TPSA) is 55.4 Å². The van der Waals surface area contributed by atoms with Crippen molar-refractivity contribution in [2.45, 2.75) is 51.2 Å². The maximum atomic E-state index is 13.4. The van der Waals surface area contributed by atoms with E-state index in [1.165, 1.54) is 12.1 Å². The van der Waals surface area contributed by atoms with E-state index in [-0.39, 0.29) is 23.6 Å². The van der Waals surface area contributed by atoms with Gasteiger partial charge in [-0.1, -0.05) is 37.8 Å². The van der Waals surface area contributed by atoms with Crippen LogP contribution in [0.4, 0.5) is 4.39 Å². The molecule has 0 spiro atoms. The Labute approximate surface area is 146 Å². The van der Waals surface area contributed by atoms with E-state index in [1.54, 1.807) is 12.1 Å². The molecule has 1 saturated carbocycles. The van der Waals surface area contributed by atoms with Gasteiger partial charge in [-0.25, -0.2) is 4.39 Å². The van der Waals surface area contributed by atoms with E-state index in [9.17, 15) is 14.0 Å². The summed E-state index contributed by atoms with van der Waals surface area (Å²) in [6.45, 7) is 5.71. The van der Waals surface area contributed by atoms with E-state index in [0.717, 1.165) is 5.56 Å². The van der Waals surface area contributed by atoms with Crippen molar-refractivity contribution in [1.29, 1.82) is 0 Å². The van der Waals surface area contributed by atoms with Crippen LogP contribution in [0.3, 0.4) is 0 Å². The zero-order valence-corrected chi connectivity index (χ0v) is 14.5. The SMILES string of the molecule is CC12CCC(C(=O)NC3C#CC3c3cccc(F)c3)(OC1=O)C2(C)C. The zero-order chi connectivity index (χ0) is 18.0. The molecular formula is C20H20FNO3. The largest absolute Gasteiger partial charge is 0.448 e. The van der Waals surface area contributed by atoms with Crippen LogP contribution in [-0.2, 0) is 14.3 Å². The molecule has 4 nitrogen and oxygen atoms in total. The van der Waals surface area contributed by atoms with Gasteiger partial charge in [0.25, 0.3) is 5.91 Å². The van der Waals surface area contributed by atoms with Gasteiger partial charge >= 0.3 is 5.97 Å². The molecule has 0 aromatic heterocycles. The third kappa shape index (κ3) is 1.88. The van der Waals surface area contributed by atoms with E-state index in [4.69, 9.17) is 4.74 Å². The van der Waals surface area contributed by atoms with Crippen LogP contribution in [0.15, 0.2) is 24.3 Å². The van der Waals surface area contributed by atoms with Crippen LogP contribution < -0.4 is 5.32 Å². The van der Waals surface area contributed by atoms with Crippen molar-refractivity contribution >= 4 is 11.9 Å².